The lowest BCUT2D eigenvalue weighted by molar-refractivity contribution is 0.164. The zero-order valence-electron chi connectivity index (χ0n) is 6.95. The average molecular weight is 150 g/mol. The van der Waals surface area contributed by atoms with Crippen LogP contribution in [0.3, 0.4) is 0 Å². The molecule has 2 fully saturated rings. The van der Waals surface area contributed by atoms with E-state index in [0.29, 0.717) is 0 Å². The molecule has 0 aromatic carbocycles. The maximum atomic E-state index is 5.27. The molecule has 0 aromatic heterocycles. The molecule has 2 aliphatic heterocycles. The molecule has 2 nitrogen and oxygen atoms in total. The lowest BCUT2D eigenvalue weighted by atomic mass is 10.2. The van der Waals surface area contributed by atoms with E-state index in [1.54, 1.807) is 0 Å². The van der Waals surface area contributed by atoms with Gasteiger partial charge >= 0.3 is 0 Å². The minimum absolute atomic E-state index is 0.751. The maximum Gasteiger partial charge on any atom is 0.0602 e. The molecule has 2 aliphatic rings. The first-order valence-corrected chi connectivity index (χ1v) is 4.19. The average Bonchev–Trinajstić information content (AvgIpc) is 2.47. The SMILES string of the molecule is C#CCN1CC2CC1CN2C. The van der Waals surface area contributed by atoms with E-state index in [4.69, 9.17) is 6.42 Å². The van der Waals surface area contributed by atoms with Gasteiger partial charge in [-0.1, -0.05) is 5.92 Å². The van der Waals surface area contributed by atoms with Gasteiger partial charge in [0.05, 0.1) is 6.54 Å². The van der Waals surface area contributed by atoms with Gasteiger partial charge in [0.2, 0.25) is 0 Å². The summed E-state index contributed by atoms with van der Waals surface area (Å²) in [4.78, 5) is 4.86. The molecule has 2 rings (SSSR count). The summed E-state index contributed by atoms with van der Waals surface area (Å²) >= 11 is 0. The van der Waals surface area contributed by atoms with E-state index in [1.165, 1.54) is 19.5 Å². The molecule has 2 saturated heterocycles. The highest BCUT2D eigenvalue weighted by atomic mass is 15.3. The van der Waals surface area contributed by atoms with Crippen molar-refractivity contribution in [3.8, 4) is 12.3 Å². The van der Waals surface area contributed by atoms with Crippen LogP contribution in [-0.2, 0) is 0 Å². The van der Waals surface area contributed by atoms with Gasteiger partial charge in [0.25, 0.3) is 0 Å². The van der Waals surface area contributed by atoms with Gasteiger partial charge in [-0.15, -0.1) is 6.42 Å². The molecule has 2 heterocycles. The van der Waals surface area contributed by atoms with Crippen LogP contribution in [0, 0.1) is 12.3 Å². The highest BCUT2D eigenvalue weighted by Gasteiger charge is 2.40. The lowest BCUT2D eigenvalue weighted by Gasteiger charge is -2.30. The Morgan fingerprint density at radius 1 is 1.45 bits per heavy atom. The fraction of sp³-hybridized carbons (Fsp3) is 0.778. The molecule has 0 spiro atoms. The third kappa shape index (κ3) is 1.05. The predicted molar refractivity (Wildman–Crippen MR) is 45.2 cm³/mol. The summed E-state index contributed by atoms with van der Waals surface area (Å²) in [5, 5.41) is 0. The molecule has 2 bridgehead atoms. The third-order valence-corrected chi connectivity index (χ3v) is 2.92. The Morgan fingerprint density at radius 3 is 2.73 bits per heavy atom. The van der Waals surface area contributed by atoms with Crippen molar-refractivity contribution in [2.24, 2.45) is 0 Å². The van der Waals surface area contributed by atoms with Crippen LogP contribution in [0.5, 0.6) is 0 Å². The van der Waals surface area contributed by atoms with Crippen molar-refractivity contribution in [2.45, 2.75) is 18.5 Å². The van der Waals surface area contributed by atoms with Gasteiger partial charge in [0.15, 0.2) is 0 Å². The first-order valence-electron chi connectivity index (χ1n) is 4.19. The number of piperazine rings is 1. The molecule has 2 heteroatoms. The number of hydrogen-bond acceptors (Lipinski definition) is 2. The first kappa shape index (κ1) is 7.15. The van der Waals surface area contributed by atoms with E-state index < -0.39 is 0 Å². The molecule has 2 unspecified atom stereocenters. The third-order valence-electron chi connectivity index (χ3n) is 2.92. The van der Waals surface area contributed by atoms with Gasteiger partial charge in [-0.2, -0.15) is 0 Å². The molecule has 0 radical (unpaired) electrons. The van der Waals surface area contributed by atoms with Crippen LogP contribution < -0.4 is 0 Å². The quantitative estimate of drug-likeness (QED) is 0.486. The van der Waals surface area contributed by atoms with Gasteiger partial charge in [-0.3, -0.25) is 4.90 Å². The summed E-state index contributed by atoms with van der Waals surface area (Å²) in [6, 6.07) is 1.54. The van der Waals surface area contributed by atoms with Gasteiger partial charge in [-0.25, -0.2) is 0 Å². The van der Waals surface area contributed by atoms with E-state index in [1.807, 2.05) is 0 Å². The second-order valence-corrected chi connectivity index (χ2v) is 3.62. The second-order valence-electron chi connectivity index (χ2n) is 3.62. The number of rotatable bonds is 1. The predicted octanol–water partition coefficient (Wildman–Crippen LogP) is 0.00790. The minimum Gasteiger partial charge on any atom is -0.301 e. The number of hydrogen-bond donors (Lipinski definition) is 0. The van der Waals surface area contributed by atoms with Gasteiger partial charge in [0, 0.05) is 25.2 Å². The summed E-state index contributed by atoms with van der Waals surface area (Å²) in [6.45, 7) is 3.24. The lowest BCUT2D eigenvalue weighted by Crippen LogP contribution is -2.44. The molecule has 0 aliphatic carbocycles. The zero-order chi connectivity index (χ0) is 7.84. The molecular weight excluding hydrogens is 136 g/mol. The fourth-order valence-corrected chi connectivity index (χ4v) is 2.26. The van der Waals surface area contributed by atoms with E-state index in [0.717, 1.165) is 18.6 Å². The Kier molecular flexibility index (Phi) is 1.63. The van der Waals surface area contributed by atoms with Crippen molar-refractivity contribution < 1.29 is 0 Å². The van der Waals surface area contributed by atoms with Crippen molar-refractivity contribution in [3.63, 3.8) is 0 Å². The van der Waals surface area contributed by atoms with Crippen molar-refractivity contribution >= 4 is 0 Å². The van der Waals surface area contributed by atoms with Gasteiger partial charge in [-0.05, 0) is 13.5 Å². The standard InChI is InChI=1S/C9H14N2/c1-3-4-11-7-8-5-9(11)6-10(8)2/h1,8-9H,4-7H2,2H3. The summed E-state index contributed by atoms with van der Waals surface area (Å²) in [6.07, 6.45) is 6.60. The fourth-order valence-electron chi connectivity index (χ4n) is 2.26. The summed E-state index contributed by atoms with van der Waals surface area (Å²) in [7, 11) is 2.21. The van der Waals surface area contributed by atoms with E-state index in [-0.39, 0.29) is 0 Å². The van der Waals surface area contributed by atoms with Crippen molar-refractivity contribution in [1.82, 2.24) is 9.80 Å². The topological polar surface area (TPSA) is 6.48 Å². The second kappa shape index (κ2) is 2.51. The van der Waals surface area contributed by atoms with Gasteiger partial charge in [0.1, 0.15) is 0 Å². The van der Waals surface area contributed by atoms with E-state index in [9.17, 15) is 0 Å². The zero-order valence-corrected chi connectivity index (χ0v) is 6.95. The Morgan fingerprint density at radius 2 is 2.27 bits per heavy atom. The summed E-state index contributed by atoms with van der Waals surface area (Å²) in [5.41, 5.74) is 0. The van der Waals surface area contributed by atoms with Crippen LogP contribution in [0.1, 0.15) is 6.42 Å². The molecule has 11 heavy (non-hydrogen) atoms. The van der Waals surface area contributed by atoms with Crippen LogP contribution in [0.25, 0.3) is 0 Å². The molecule has 60 valence electrons. The molecule has 0 aromatic rings. The summed E-state index contributed by atoms with van der Waals surface area (Å²) in [5.74, 6) is 2.72. The Hall–Kier alpha value is -0.520. The number of likely N-dealkylation sites (tertiary alicyclic amines) is 2. The van der Waals surface area contributed by atoms with Crippen molar-refractivity contribution in [1.29, 1.82) is 0 Å². The Labute approximate surface area is 68.2 Å². The monoisotopic (exact) mass is 150 g/mol. The smallest absolute Gasteiger partial charge is 0.0602 e. The molecule has 0 N–H and O–H groups in total. The Bertz CT molecular complexity index is 192. The van der Waals surface area contributed by atoms with Crippen LogP contribution in [-0.4, -0.2) is 48.6 Å². The molecule has 2 atom stereocenters. The molecule has 0 amide bonds. The van der Waals surface area contributed by atoms with Crippen LogP contribution >= 0.6 is 0 Å². The largest absolute Gasteiger partial charge is 0.301 e. The first-order chi connectivity index (χ1) is 5.31. The highest BCUT2D eigenvalue weighted by Crippen LogP contribution is 2.28. The van der Waals surface area contributed by atoms with Crippen LogP contribution in [0.2, 0.25) is 0 Å². The van der Waals surface area contributed by atoms with Crippen LogP contribution in [0.15, 0.2) is 0 Å². The van der Waals surface area contributed by atoms with E-state index >= 15 is 0 Å². The number of likely N-dealkylation sites (N-methyl/N-ethyl adjacent to an activating group) is 1. The molecule has 0 saturated carbocycles. The molecular formula is C9H14N2. The van der Waals surface area contributed by atoms with Gasteiger partial charge < -0.3 is 4.90 Å². The highest BCUT2D eigenvalue weighted by molar-refractivity contribution is 5.02. The number of fused-ring (bicyclic) bond motifs is 2. The maximum absolute atomic E-state index is 5.27. The normalized spacial score (nSPS) is 37.8. The van der Waals surface area contributed by atoms with E-state index in [2.05, 4.69) is 22.8 Å². The number of terminal acetylenes is 1. The van der Waals surface area contributed by atoms with Crippen molar-refractivity contribution in [2.75, 3.05) is 26.7 Å². The minimum atomic E-state index is 0.751. The Balaban J connectivity index is 1.98. The van der Waals surface area contributed by atoms with Crippen LogP contribution in [0.4, 0.5) is 0 Å². The summed E-state index contributed by atoms with van der Waals surface area (Å²) < 4.78 is 0. The number of nitrogens with zero attached hydrogens (tertiary/aromatic N) is 2. The van der Waals surface area contributed by atoms with Crippen molar-refractivity contribution in [3.05, 3.63) is 0 Å².